The molecule has 0 fully saturated rings. The first-order chi connectivity index (χ1) is 13.0. The van der Waals surface area contributed by atoms with Gasteiger partial charge < -0.3 is 0 Å². The smallest absolute Gasteiger partial charge is 0.285 e. The summed E-state index contributed by atoms with van der Waals surface area (Å²) in [5, 5.41) is 5.58. The van der Waals surface area contributed by atoms with Gasteiger partial charge in [0.1, 0.15) is 0 Å². The second kappa shape index (κ2) is 7.50. The van der Waals surface area contributed by atoms with Gasteiger partial charge in [-0.2, -0.15) is 9.61 Å². The predicted molar refractivity (Wildman–Crippen MR) is 112 cm³/mol. The summed E-state index contributed by atoms with van der Waals surface area (Å²) in [5.74, 6) is 0.611. The van der Waals surface area contributed by atoms with Crippen molar-refractivity contribution in [3.63, 3.8) is 0 Å². The highest BCUT2D eigenvalue weighted by Gasteiger charge is 2.16. The van der Waals surface area contributed by atoms with E-state index in [9.17, 15) is 4.79 Å². The minimum Gasteiger partial charge on any atom is -0.285 e. The third-order valence-electron chi connectivity index (χ3n) is 4.10. The molecule has 0 aliphatic heterocycles. The number of hydrogen-bond donors (Lipinski definition) is 1. The first-order valence-corrected chi connectivity index (χ1v) is 10.3. The predicted octanol–water partition coefficient (Wildman–Crippen LogP) is 5.10. The molecule has 0 bridgehead atoms. The van der Waals surface area contributed by atoms with E-state index >= 15 is 0 Å². The number of fused-ring (bicyclic) bond motifs is 1. The van der Waals surface area contributed by atoms with Crippen molar-refractivity contribution < 1.29 is 0 Å². The van der Waals surface area contributed by atoms with Crippen LogP contribution in [-0.4, -0.2) is 19.6 Å². The number of nitrogens with one attached hydrogen (secondary N) is 1. The molecule has 0 spiro atoms. The number of H-pyrrole nitrogens is 1. The molecular formula is C19H14BrClN4OS. The van der Waals surface area contributed by atoms with E-state index in [-0.39, 0.29) is 5.69 Å². The number of halogens is 2. The van der Waals surface area contributed by atoms with Gasteiger partial charge in [0, 0.05) is 20.8 Å². The van der Waals surface area contributed by atoms with Crippen LogP contribution >= 0.6 is 39.3 Å². The first kappa shape index (κ1) is 18.3. The lowest BCUT2D eigenvalue weighted by atomic mass is 10.1. The number of aryl methyl sites for hydroxylation is 1. The highest BCUT2D eigenvalue weighted by Crippen LogP contribution is 2.29. The van der Waals surface area contributed by atoms with Gasteiger partial charge >= 0.3 is 5.69 Å². The van der Waals surface area contributed by atoms with E-state index in [1.54, 1.807) is 0 Å². The van der Waals surface area contributed by atoms with E-state index in [0.717, 1.165) is 26.9 Å². The number of rotatable bonds is 4. The Morgan fingerprint density at radius 3 is 2.67 bits per heavy atom. The SMILES string of the molecule is Cc1nn2c(=O)[nH]c(SCc3ccccc3Cl)nc2c1-c1ccc(Br)cc1. The molecule has 136 valence electrons. The summed E-state index contributed by atoms with van der Waals surface area (Å²) >= 11 is 11.1. The number of benzene rings is 2. The highest BCUT2D eigenvalue weighted by atomic mass is 79.9. The van der Waals surface area contributed by atoms with Crippen molar-refractivity contribution in [2.24, 2.45) is 0 Å². The molecule has 0 aliphatic rings. The molecule has 0 aliphatic carbocycles. The normalized spacial score (nSPS) is 11.2. The van der Waals surface area contributed by atoms with Crippen LogP contribution in [0.2, 0.25) is 5.02 Å². The van der Waals surface area contributed by atoms with Crippen LogP contribution in [0.15, 0.2) is 63.0 Å². The highest BCUT2D eigenvalue weighted by molar-refractivity contribution is 9.10. The molecule has 5 nitrogen and oxygen atoms in total. The molecule has 0 amide bonds. The Morgan fingerprint density at radius 2 is 1.93 bits per heavy atom. The Labute approximate surface area is 172 Å². The summed E-state index contributed by atoms with van der Waals surface area (Å²) in [6.45, 7) is 1.88. The summed E-state index contributed by atoms with van der Waals surface area (Å²) in [7, 11) is 0. The lowest BCUT2D eigenvalue weighted by Gasteiger charge is -2.05. The van der Waals surface area contributed by atoms with E-state index in [4.69, 9.17) is 11.6 Å². The number of thioether (sulfide) groups is 1. The molecule has 2 aromatic carbocycles. The van der Waals surface area contributed by atoms with E-state index in [1.165, 1.54) is 16.3 Å². The molecular weight excluding hydrogens is 448 g/mol. The largest absolute Gasteiger partial charge is 0.350 e. The van der Waals surface area contributed by atoms with Crippen molar-refractivity contribution in [3.05, 3.63) is 79.8 Å². The molecule has 2 aromatic heterocycles. The summed E-state index contributed by atoms with van der Waals surface area (Å²) in [5.41, 5.74) is 3.79. The number of nitrogens with zero attached hydrogens (tertiary/aromatic N) is 3. The topological polar surface area (TPSA) is 63.1 Å². The third kappa shape index (κ3) is 3.67. The summed E-state index contributed by atoms with van der Waals surface area (Å²) in [6.07, 6.45) is 0. The second-order valence-electron chi connectivity index (χ2n) is 5.93. The van der Waals surface area contributed by atoms with Crippen LogP contribution in [0.3, 0.4) is 0 Å². The first-order valence-electron chi connectivity index (χ1n) is 8.15. The average Bonchev–Trinajstić information content (AvgIpc) is 2.98. The van der Waals surface area contributed by atoms with Crippen LogP contribution in [0.5, 0.6) is 0 Å². The van der Waals surface area contributed by atoms with Crippen LogP contribution in [0, 0.1) is 6.92 Å². The van der Waals surface area contributed by atoms with Gasteiger partial charge in [-0.15, -0.1) is 0 Å². The quantitative estimate of drug-likeness (QED) is 0.429. The molecule has 0 atom stereocenters. The van der Waals surface area contributed by atoms with Crippen molar-refractivity contribution in [1.29, 1.82) is 0 Å². The third-order valence-corrected chi connectivity index (χ3v) is 5.92. The van der Waals surface area contributed by atoms with E-state index in [2.05, 4.69) is 31.0 Å². The minimum atomic E-state index is -0.312. The van der Waals surface area contributed by atoms with Gasteiger partial charge in [-0.05, 0) is 36.2 Å². The van der Waals surface area contributed by atoms with Crippen molar-refractivity contribution in [1.82, 2.24) is 19.6 Å². The van der Waals surface area contributed by atoms with Gasteiger partial charge in [0.25, 0.3) is 0 Å². The van der Waals surface area contributed by atoms with Crippen molar-refractivity contribution >= 4 is 44.9 Å². The zero-order valence-electron chi connectivity index (χ0n) is 14.2. The number of aromatic amines is 1. The van der Waals surface area contributed by atoms with Crippen molar-refractivity contribution in [2.75, 3.05) is 0 Å². The standard InChI is InChI=1S/C19H14BrClN4OS/c1-11-16(12-6-8-14(20)9-7-12)17-22-18(23-19(26)25(17)24-11)27-10-13-4-2-3-5-15(13)21/h2-9H,10H2,1H3,(H,22,23,26). The molecule has 4 rings (SSSR count). The fourth-order valence-corrected chi connectivity index (χ4v) is 4.21. The Morgan fingerprint density at radius 1 is 1.19 bits per heavy atom. The molecule has 0 radical (unpaired) electrons. The number of aromatic nitrogens is 4. The van der Waals surface area contributed by atoms with E-state index in [1.807, 2.05) is 55.5 Å². The van der Waals surface area contributed by atoms with Gasteiger partial charge in [-0.1, -0.05) is 69.6 Å². The van der Waals surface area contributed by atoms with Gasteiger partial charge in [-0.25, -0.2) is 9.78 Å². The number of hydrogen-bond acceptors (Lipinski definition) is 4. The Kier molecular flexibility index (Phi) is 5.08. The lowest BCUT2D eigenvalue weighted by Crippen LogP contribution is -2.19. The molecule has 2 heterocycles. The Balaban J connectivity index is 1.76. The Hall–Kier alpha value is -2.09. The maximum Gasteiger partial charge on any atom is 0.350 e. The van der Waals surface area contributed by atoms with Crippen LogP contribution < -0.4 is 5.69 Å². The average molecular weight is 462 g/mol. The fraction of sp³-hybridized carbons (Fsp3) is 0.105. The maximum atomic E-state index is 12.5. The lowest BCUT2D eigenvalue weighted by molar-refractivity contribution is 0.780. The zero-order valence-corrected chi connectivity index (χ0v) is 17.4. The summed E-state index contributed by atoms with van der Waals surface area (Å²) in [4.78, 5) is 19.9. The van der Waals surface area contributed by atoms with Crippen molar-refractivity contribution in [2.45, 2.75) is 17.8 Å². The molecule has 4 aromatic rings. The van der Waals surface area contributed by atoms with Gasteiger partial charge in [-0.3, -0.25) is 4.98 Å². The van der Waals surface area contributed by atoms with Gasteiger partial charge in [0.2, 0.25) is 0 Å². The maximum absolute atomic E-state index is 12.5. The van der Waals surface area contributed by atoms with E-state index < -0.39 is 0 Å². The van der Waals surface area contributed by atoms with Crippen LogP contribution in [0.25, 0.3) is 16.8 Å². The van der Waals surface area contributed by atoms with Crippen LogP contribution in [-0.2, 0) is 5.75 Å². The van der Waals surface area contributed by atoms with E-state index in [0.29, 0.717) is 21.6 Å². The molecule has 27 heavy (non-hydrogen) atoms. The van der Waals surface area contributed by atoms with Crippen LogP contribution in [0.1, 0.15) is 11.3 Å². The molecule has 0 saturated carbocycles. The summed E-state index contributed by atoms with van der Waals surface area (Å²) < 4.78 is 2.30. The van der Waals surface area contributed by atoms with Gasteiger partial charge in [0.05, 0.1) is 5.69 Å². The second-order valence-corrected chi connectivity index (χ2v) is 8.22. The van der Waals surface area contributed by atoms with Crippen molar-refractivity contribution in [3.8, 4) is 11.1 Å². The van der Waals surface area contributed by atoms with Gasteiger partial charge in [0.15, 0.2) is 10.8 Å². The molecule has 1 N–H and O–H groups in total. The molecule has 0 unspecified atom stereocenters. The Bertz CT molecular complexity index is 1190. The molecule has 8 heteroatoms. The molecule has 0 saturated heterocycles. The zero-order chi connectivity index (χ0) is 19.0. The summed E-state index contributed by atoms with van der Waals surface area (Å²) in [6, 6.07) is 15.5. The van der Waals surface area contributed by atoms with Crippen LogP contribution in [0.4, 0.5) is 0 Å². The fourth-order valence-electron chi connectivity index (χ4n) is 2.81. The monoisotopic (exact) mass is 460 g/mol. The minimum absolute atomic E-state index is 0.312.